The van der Waals surface area contributed by atoms with Crippen LogP contribution in [0.1, 0.15) is 13.8 Å². The fourth-order valence-electron chi connectivity index (χ4n) is 2.32. The van der Waals surface area contributed by atoms with Gasteiger partial charge in [0.25, 0.3) is 0 Å². The summed E-state index contributed by atoms with van der Waals surface area (Å²) in [6.07, 6.45) is 0. The fourth-order valence-corrected chi connectivity index (χ4v) is 5.77. The first-order valence-corrected chi connectivity index (χ1v) is 10.6. The molecule has 1 heterocycles. The van der Waals surface area contributed by atoms with Crippen LogP contribution in [0.3, 0.4) is 0 Å². The smallest absolute Gasteiger partial charge is 0.387 e. The molecule has 11 heteroatoms. The van der Waals surface area contributed by atoms with Gasteiger partial charge >= 0.3 is 6.61 Å². The van der Waals surface area contributed by atoms with E-state index in [0.717, 1.165) is 22.5 Å². The highest BCUT2D eigenvalue weighted by molar-refractivity contribution is 8.00. The van der Waals surface area contributed by atoms with E-state index in [1.54, 1.807) is 7.05 Å². The number of amides is 1. The summed E-state index contributed by atoms with van der Waals surface area (Å²) in [4.78, 5) is 13.9. The number of benzene rings is 1. The Balaban J connectivity index is 2.31. The Morgan fingerprint density at radius 1 is 1.42 bits per heavy atom. The molecular weight excluding hydrogens is 410 g/mol. The Labute approximate surface area is 160 Å². The van der Waals surface area contributed by atoms with Gasteiger partial charge in [0.15, 0.2) is 0 Å². The van der Waals surface area contributed by atoms with Crippen LogP contribution in [0.4, 0.5) is 8.78 Å². The molecule has 0 unspecified atom stereocenters. The van der Waals surface area contributed by atoms with E-state index in [1.165, 1.54) is 16.7 Å². The average Bonchev–Trinajstić information content (AvgIpc) is 3.05. The summed E-state index contributed by atoms with van der Waals surface area (Å²) < 4.78 is 55.8. The van der Waals surface area contributed by atoms with Gasteiger partial charge in [-0.15, -0.1) is 11.8 Å². The largest absolute Gasteiger partial charge is 0.433 e. The molecule has 0 bridgehead atoms. The van der Waals surface area contributed by atoms with Gasteiger partial charge in [-0.1, -0.05) is 11.6 Å². The van der Waals surface area contributed by atoms with Crippen LogP contribution in [0.5, 0.6) is 5.75 Å². The minimum Gasteiger partial charge on any atom is -0.433 e. The third-order valence-corrected chi connectivity index (χ3v) is 7.30. The van der Waals surface area contributed by atoms with Crippen molar-refractivity contribution in [3.63, 3.8) is 0 Å². The van der Waals surface area contributed by atoms with Gasteiger partial charge in [-0.05, 0) is 32.0 Å². The zero-order valence-corrected chi connectivity index (χ0v) is 16.7. The highest BCUT2D eigenvalue weighted by Gasteiger charge is 2.41. The van der Waals surface area contributed by atoms with E-state index in [1.807, 2.05) is 13.8 Å². The lowest BCUT2D eigenvalue weighted by molar-refractivity contribution is -0.134. The molecular formula is C15H19ClF2N2O4S2. The van der Waals surface area contributed by atoms with E-state index >= 15 is 0 Å². The molecule has 1 aliphatic rings. The normalized spacial score (nSPS) is 18.5. The van der Waals surface area contributed by atoms with Gasteiger partial charge in [0.05, 0.1) is 15.8 Å². The molecule has 2 rings (SSSR count). The van der Waals surface area contributed by atoms with E-state index in [0.29, 0.717) is 5.75 Å². The first kappa shape index (κ1) is 21.2. The molecule has 0 spiro atoms. The maximum absolute atomic E-state index is 12.9. The lowest BCUT2D eigenvalue weighted by Gasteiger charge is -2.29. The number of likely N-dealkylation sites (N-methyl/N-ethyl adjacent to an activating group) is 1. The molecule has 1 amide bonds. The van der Waals surface area contributed by atoms with Crippen LogP contribution in [0.15, 0.2) is 23.1 Å². The van der Waals surface area contributed by atoms with E-state index in [4.69, 9.17) is 11.6 Å². The van der Waals surface area contributed by atoms with Crippen molar-refractivity contribution in [3.8, 4) is 5.75 Å². The van der Waals surface area contributed by atoms with Gasteiger partial charge in [-0.3, -0.25) is 4.79 Å². The predicted octanol–water partition coefficient (Wildman–Crippen LogP) is 2.87. The topological polar surface area (TPSA) is 66.9 Å². The Hall–Kier alpha value is -1.10. The molecule has 0 aliphatic carbocycles. The summed E-state index contributed by atoms with van der Waals surface area (Å²) in [6, 6.07) is 2.36. The van der Waals surface area contributed by atoms with Crippen LogP contribution in [0.25, 0.3) is 0 Å². The first-order valence-electron chi connectivity index (χ1n) is 7.66. The molecule has 0 radical (unpaired) electrons. The fraction of sp³-hybridized carbons (Fsp3) is 0.533. The average molecular weight is 429 g/mol. The first-order chi connectivity index (χ1) is 12.1. The molecule has 1 aromatic rings. The molecule has 0 N–H and O–H groups in total. The van der Waals surface area contributed by atoms with Crippen LogP contribution in [-0.4, -0.2) is 60.9 Å². The number of hydrogen-bond acceptors (Lipinski definition) is 5. The maximum Gasteiger partial charge on any atom is 0.387 e. The van der Waals surface area contributed by atoms with Crippen LogP contribution in [0.2, 0.25) is 5.02 Å². The Bertz CT molecular complexity index is 777. The summed E-state index contributed by atoms with van der Waals surface area (Å²) in [7, 11) is -2.40. The van der Waals surface area contributed by atoms with Gasteiger partial charge in [-0.2, -0.15) is 13.1 Å². The molecule has 1 aromatic carbocycles. The number of carbonyl (C=O) groups is 1. The van der Waals surface area contributed by atoms with Crippen molar-refractivity contribution in [2.45, 2.75) is 37.4 Å². The zero-order chi connectivity index (χ0) is 19.6. The lowest BCUT2D eigenvalue weighted by atomic mass is 10.2. The third-order valence-electron chi connectivity index (χ3n) is 3.98. The highest BCUT2D eigenvalue weighted by Crippen LogP contribution is 2.33. The van der Waals surface area contributed by atoms with E-state index < -0.39 is 22.7 Å². The minimum absolute atomic E-state index is 0.0714. The van der Waals surface area contributed by atoms with E-state index in [2.05, 4.69) is 4.74 Å². The van der Waals surface area contributed by atoms with Crippen LogP contribution in [0, 0.1) is 0 Å². The van der Waals surface area contributed by atoms with E-state index in [9.17, 15) is 22.0 Å². The molecule has 1 saturated heterocycles. The Kier molecular flexibility index (Phi) is 6.75. The molecule has 1 aliphatic heterocycles. The molecule has 0 aromatic heterocycles. The van der Waals surface area contributed by atoms with Gasteiger partial charge in [0, 0.05) is 18.8 Å². The Morgan fingerprint density at radius 2 is 2.08 bits per heavy atom. The van der Waals surface area contributed by atoms with E-state index in [-0.39, 0.29) is 33.5 Å². The monoisotopic (exact) mass is 428 g/mol. The standard InChI is InChI=1S/C15H19ClF2N2O4S2/c1-9(2)19(3)14(21)12-7-25-8-20(12)26(22,23)10-4-5-13(11(16)6-10)24-15(17)18/h4-6,9,12,15H,7-8H2,1-3H3/t12-/m0/s1. The second-order valence-corrected chi connectivity index (χ2v) is 9.22. The van der Waals surface area contributed by atoms with Crippen molar-refractivity contribution in [2.75, 3.05) is 18.7 Å². The number of carbonyl (C=O) groups excluding carboxylic acids is 1. The molecule has 1 atom stereocenters. The third kappa shape index (κ3) is 4.41. The van der Waals surface area contributed by atoms with Crippen LogP contribution < -0.4 is 4.74 Å². The molecule has 6 nitrogen and oxygen atoms in total. The van der Waals surface area contributed by atoms with Crippen molar-refractivity contribution in [1.82, 2.24) is 9.21 Å². The SMILES string of the molecule is CC(C)N(C)C(=O)[C@@H]1CSCN1S(=O)(=O)c1ccc(OC(F)F)c(Cl)c1. The highest BCUT2D eigenvalue weighted by atomic mass is 35.5. The minimum atomic E-state index is -4.02. The number of thioether (sulfide) groups is 1. The zero-order valence-electron chi connectivity index (χ0n) is 14.4. The van der Waals surface area contributed by atoms with Crippen LogP contribution in [-0.2, 0) is 14.8 Å². The second kappa shape index (κ2) is 8.28. The maximum atomic E-state index is 12.9. The molecule has 0 saturated carbocycles. The number of hydrogen-bond donors (Lipinski definition) is 0. The van der Waals surface area contributed by atoms with Crippen molar-refractivity contribution < 1.29 is 26.7 Å². The molecule has 146 valence electrons. The van der Waals surface area contributed by atoms with Gasteiger partial charge < -0.3 is 9.64 Å². The number of halogens is 3. The summed E-state index contributed by atoms with van der Waals surface area (Å²) in [5, 5.41) is -0.250. The number of sulfonamides is 1. The van der Waals surface area contributed by atoms with Gasteiger partial charge in [-0.25, -0.2) is 8.42 Å². The van der Waals surface area contributed by atoms with Gasteiger partial charge in [0.2, 0.25) is 15.9 Å². The van der Waals surface area contributed by atoms with Crippen molar-refractivity contribution in [3.05, 3.63) is 23.2 Å². The summed E-state index contributed by atoms with van der Waals surface area (Å²) in [6.45, 7) is 0.597. The summed E-state index contributed by atoms with van der Waals surface area (Å²) in [5.41, 5.74) is 0. The van der Waals surface area contributed by atoms with Crippen LogP contribution >= 0.6 is 23.4 Å². The number of ether oxygens (including phenoxy) is 1. The predicted molar refractivity (Wildman–Crippen MR) is 96.1 cm³/mol. The van der Waals surface area contributed by atoms with Gasteiger partial charge in [0.1, 0.15) is 11.8 Å². The number of nitrogens with zero attached hydrogens (tertiary/aromatic N) is 2. The lowest BCUT2D eigenvalue weighted by Crippen LogP contribution is -2.49. The van der Waals surface area contributed by atoms with Crippen molar-refractivity contribution >= 4 is 39.3 Å². The number of rotatable bonds is 6. The summed E-state index contributed by atoms with van der Waals surface area (Å²) in [5.74, 6) is -0.145. The quantitative estimate of drug-likeness (QED) is 0.697. The molecule has 1 fully saturated rings. The molecule has 26 heavy (non-hydrogen) atoms. The Morgan fingerprint density at radius 3 is 2.62 bits per heavy atom. The van der Waals surface area contributed by atoms with Crippen molar-refractivity contribution in [1.29, 1.82) is 0 Å². The van der Waals surface area contributed by atoms with Crippen molar-refractivity contribution in [2.24, 2.45) is 0 Å². The number of alkyl halides is 2. The summed E-state index contributed by atoms with van der Waals surface area (Å²) >= 11 is 7.18. The second-order valence-electron chi connectivity index (χ2n) is 5.92.